The van der Waals surface area contributed by atoms with Crippen LogP contribution in [0.5, 0.6) is 5.75 Å². The number of nitrogens with zero attached hydrogens (tertiary/aromatic N) is 3. The molecule has 2 aliphatic rings. The summed E-state index contributed by atoms with van der Waals surface area (Å²) in [6.45, 7) is 5.09. The second-order valence-corrected chi connectivity index (χ2v) is 8.44. The predicted octanol–water partition coefficient (Wildman–Crippen LogP) is 1.80. The number of fused-ring (bicyclic) bond motifs is 1. The first-order chi connectivity index (χ1) is 14.4. The van der Waals surface area contributed by atoms with Gasteiger partial charge < -0.3 is 24.2 Å². The lowest BCUT2D eigenvalue weighted by Crippen LogP contribution is -2.62. The minimum Gasteiger partial charge on any atom is -0.491 e. The van der Waals surface area contributed by atoms with Crippen LogP contribution in [0.2, 0.25) is 0 Å². The first-order valence-electron chi connectivity index (χ1n) is 11.0. The van der Waals surface area contributed by atoms with Crippen molar-refractivity contribution in [2.45, 2.75) is 38.2 Å². The fourth-order valence-corrected chi connectivity index (χ4v) is 4.29. The Bertz CT molecular complexity index is 739. The van der Waals surface area contributed by atoms with E-state index in [0.717, 1.165) is 25.0 Å². The third-order valence-electron chi connectivity index (χ3n) is 5.92. The van der Waals surface area contributed by atoms with Crippen molar-refractivity contribution in [2.75, 3.05) is 60.0 Å². The average Bonchev–Trinajstić information content (AvgIpc) is 2.73. The molecule has 1 fully saturated rings. The van der Waals surface area contributed by atoms with Crippen LogP contribution in [0.3, 0.4) is 0 Å². The Labute approximate surface area is 179 Å². The van der Waals surface area contributed by atoms with Crippen LogP contribution in [0.15, 0.2) is 24.3 Å². The number of likely N-dealkylation sites (N-methyl/N-ethyl adjacent to an activating group) is 2. The molecule has 0 bridgehead atoms. The molecule has 1 saturated heterocycles. The van der Waals surface area contributed by atoms with E-state index in [9.17, 15) is 9.59 Å². The molecule has 30 heavy (non-hydrogen) atoms. The second-order valence-electron chi connectivity index (χ2n) is 8.44. The molecule has 1 spiro atoms. The number of carbonyl (C=O) groups excluding carboxylic acids is 2. The van der Waals surface area contributed by atoms with Gasteiger partial charge in [0.25, 0.3) is 5.91 Å². The first kappa shape index (κ1) is 22.6. The van der Waals surface area contributed by atoms with Gasteiger partial charge in [-0.05, 0) is 58.3 Å². The number of rotatable bonds is 3. The fourth-order valence-electron chi connectivity index (χ4n) is 4.29. The molecule has 0 saturated carbocycles. The van der Waals surface area contributed by atoms with Crippen molar-refractivity contribution in [1.29, 1.82) is 0 Å². The molecule has 0 N–H and O–H groups in total. The summed E-state index contributed by atoms with van der Waals surface area (Å²) in [4.78, 5) is 31.8. The Kier molecular flexibility index (Phi) is 7.72. The second kappa shape index (κ2) is 10.3. The van der Waals surface area contributed by atoms with Gasteiger partial charge in [0, 0.05) is 13.1 Å². The molecule has 3 rings (SSSR count). The molecule has 1 aromatic carbocycles. The van der Waals surface area contributed by atoms with E-state index in [1.165, 1.54) is 5.56 Å². The normalized spacial score (nSPS) is 23.5. The van der Waals surface area contributed by atoms with Crippen molar-refractivity contribution in [3.63, 3.8) is 0 Å². The third kappa shape index (κ3) is 5.32. The fraction of sp³-hybridized carbons (Fsp3) is 0.652. The van der Waals surface area contributed by atoms with Gasteiger partial charge >= 0.3 is 0 Å². The van der Waals surface area contributed by atoms with Gasteiger partial charge in [0.2, 0.25) is 5.91 Å². The quantitative estimate of drug-likeness (QED) is 0.751. The number of carbonyl (C=O) groups is 2. The zero-order chi connectivity index (χ0) is 21.6. The number of morpholine rings is 1. The van der Waals surface area contributed by atoms with Crippen molar-refractivity contribution >= 4 is 11.8 Å². The van der Waals surface area contributed by atoms with Gasteiger partial charge in [-0.15, -0.1) is 0 Å². The Balaban J connectivity index is 1.80. The summed E-state index contributed by atoms with van der Waals surface area (Å²) in [5.41, 5.74) is 0.239. The third-order valence-corrected chi connectivity index (χ3v) is 5.92. The van der Waals surface area contributed by atoms with Crippen molar-refractivity contribution in [3.8, 4) is 5.75 Å². The predicted molar refractivity (Wildman–Crippen MR) is 116 cm³/mol. The number of hydrogen-bond acceptors (Lipinski definition) is 5. The Morgan fingerprint density at radius 3 is 2.73 bits per heavy atom. The molecule has 2 aliphatic heterocycles. The summed E-state index contributed by atoms with van der Waals surface area (Å²) < 4.78 is 12.2. The molecule has 1 atom stereocenters. The van der Waals surface area contributed by atoms with Gasteiger partial charge in [0.1, 0.15) is 12.4 Å². The van der Waals surface area contributed by atoms with Gasteiger partial charge in [-0.3, -0.25) is 9.59 Å². The molecule has 0 aliphatic carbocycles. The maximum Gasteiger partial charge on any atom is 0.256 e. The van der Waals surface area contributed by atoms with Gasteiger partial charge in [-0.2, -0.15) is 0 Å². The maximum absolute atomic E-state index is 13.6. The van der Waals surface area contributed by atoms with Crippen molar-refractivity contribution < 1.29 is 19.1 Å². The average molecular weight is 418 g/mol. The Hall–Kier alpha value is -2.12. The van der Waals surface area contributed by atoms with E-state index in [0.29, 0.717) is 52.4 Å². The summed E-state index contributed by atoms with van der Waals surface area (Å²) in [7, 11) is 3.76. The highest BCUT2D eigenvalue weighted by molar-refractivity contribution is 5.87. The van der Waals surface area contributed by atoms with Crippen LogP contribution in [-0.4, -0.2) is 92.1 Å². The number of ether oxygens (including phenoxy) is 2. The van der Waals surface area contributed by atoms with Gasteiger partial charge in [-0.1, -0.05) is 18.2 Å². The summed E-state index contributed by atoms with van der Waals surface area (Å²) in [6, 6.07) is 8.13. The highest BCUT2D eigenvalue weighted by atomic mass is 16.5. The van der Waals surface area contributed by atoms with Crippen molar-refractivity contribution in [3.05, 3.63) is 29.8 Å². The molecule has 2 amide bonds. The molecule has 0 radical (unpaired) electrons. The van der Waals surface area contributed by atoms with Crippen LogP contribution in [0.1, 0.15) is 31.7 Å². The number of aryl methyl sites for hydroxylation is 1. The lowest BCUT2D eigenvalue weighted by atomic mass is 9.91. The molecule has 1 aromatic rings. The Morgan fingerprint density at radius 1 is 1.17 bits per heavy atom. The first-order valence-corrected chi connectivity index (χ1v) is 11.0. The van der Waals surface area contributed by atoms with Crippen LogP contribution in [-0.2, 0) is 20.7 Å². The summed E-state index contributed by atoms with van der Waals surface area (Å²) in [5, 5.41) is 0. The smallest absolute Gasteiger partial charge is 0.256 e. The topological polar surface area (TPSA) is 62.3 Å². The van der Waals surface area contributed by atoms with E-state index in [1.54, 1.807) is 4.90 Å². The van der Waals surface area contributed by atoms with E-state index in [2.05, 4.69) is 6.07 Å². The molecular weight excluding hydrogens is 382 g/mol. The number of benzene rings is 1. The minimum atomic E-state index is -0.963. The van der Waals surface area contributed by atoms with E-state index >= 15 is 0 Å². The zero-order valence-electron chi connectivity index (χ0n) is 18.6. The molecule has 1 unspecified atom stereocenters. The van der Waals surface area contributed by atoms with Crippen LogP contribution in [0.4, 0.5) is 0 Å². The summed E-state index contributed by atoms with van der Waals surface area (Å²) >= 11 is 0. The lowest BCUT2D eigenvalue weighted by molar-refractivity contribution is -0.176. The standard InChI is InChI=1S/C23H35N3O4/c1-4-25-13-15-29-20-11-6-5-9-19(20)10-7-8-12-23(22(25)28)18-26(14-16-30-23)21(27)17-24(2)3/h5-6,9,11H,4,7-8,10,12-18H2,1-3H3. The molecule has 166 valence electrons. The van der Waals surface area contributed by atoms with Gasteiger partial charge in [0.05, 0.1) is 26.2 Å². The highest BCUT2D eigenvalue weighted by Crippen LogP contribution is 2.29. The van der Waals surface area contributed by atoms with Crippen LogP contribution in [0.25, 0.3) is 0 Å². The zero-order valence-corrected chi connectivity index (χ0v) is 18.6. The highest BCUT2D eigenvalue weighted by Gasteiger charge is 2.46. The molecule has 0 aromatic heterocycles. The largest absolute Gasteiger partial charge is 0.491 e. The van der Waals surface area contributed by atoms with Crippen molar-refractivity contribution in [1.82, 2.24) is 14.7 Å². The van der Waals surface area contributed by atoms with E-state index < -0.39 is 5.60 Å². The number of para-hydroxylation sites is 1. The monoisotopic (exact) mass is 417 g/mol. The molecule has 7 heteroatoms. The van der Waals surface area contributed by atoms with E-state index in [1.807, 2.05) is 49.0 Å². The minimum absolute atomic E-state index is 0.0233. The summed E-state index contributed by atoms with van der Waals surface area (Å²) in [6.07, 6.45) is 3.32. The van der Waals surface area contributed by atoms with Crippen LogP contribution in [0, 0.1) is 0 Å². The van der Waals surface area contributed by atoms with Gasteiger partial charge in [0.15, 0.2) is 5.60 Å². The maximum atomic E-state index is 13.6. The summed E-state index contributed by atoms with van der Waals surface area (Å²) in [5.74, 6) is 0.928. The number of amides is 2. The van der Waals surface area contributed by atoms with Gasteiger partial charge in [-0.25, -0.2) is 0 Å². The molecular formula is C23H35N3O4. The molecule has 2 heterocycles. The lowest BCUT2D eigenvalue weighted by Gasteiger charge is -2.44. The Morgan fingerprint density at radius 2 is 1.97 bits per heavy atom. The van der Waals surface area contributed by atoms with E-state index in [-0.39, 0.29) is 11.8 Å². The van der Waals surface area contributed by atoms with E-state index in [4.69, 9.17) is 9.47 Å². The SMILES string of the molecule is CCN1CCOc2ccccc2CCCCC2(CN(C(=O)CN(C)C)CCO2)C1=O. The number of hydrogen-bond donors (Lipinski definition) is 0. The van der Waals surface area contributed by atoms with Crippen LogP contribution < -0.4 is 4.74 Å². The van der Waals surface area contributed by atoms with Crippen molar-refractivity contribution in [2.24, 2.45) is 0 Å². The molecule has 7 nitrogen and oxygen atoms in total. The van der Waals surface area contributed by atoms with Crippen LogP contribution >= 0.6 is 0 Å².